The van der Waals surface area contributed by atoms with Gasteiger partial charge >= 0.3 is 0 Å². The number of ether oxygens (including phenoxy) is 1. The van der Waals surface area contributed by atoms with Crippen LogP contribution < -0.4 is 14.9 Å². The highest BCUT2D eigenvalue weighted by atomic mass is 35.5. The molecule has 5 rings (SSSR count). The van der Waals surface area contributed by atoms with Gasteiger partial charge in [0.2, 0.25) is 0 Å². The topological polar surface area (TPSA) is 61.8 Å². The number of piperazine rings is 1. The molecule has 0 atom stereocenters. The van der Waals surface area contributed by atoms with E-state index in [1.165, 1.54) is 44.7 Å². The van der Waals surface area contributed by atoms with E-state index in [1.807, 2.05) is 24.3 Å². The van der Waals surface area contributed by atoms with Gasteiger partial charge in [0, 0.05) is 87.0 Å². The number of aromatic nitrogens is 2. The van der Waals surface area contributed by atoms with E-state index >= 15 is 0 Å². The van der Waals surface area contributed by atoms with Gasteiger partial charge in [0.1, 0.15) is 18.7 Å². The van der Waals surface area contributed by atoms with E-state index in [1.54, 1.807) is 26.6 Å². The highest BCUT2D eigenvalue weighted by Crippen LogP contribution is 2.37. The highest BCUT2D eigenvalue weighted by Gasteiger charge is 2.27. The van der Waals surface area contributed by atoms with Crippen molar-refractivity contribution in [2.75, 3.05) is 71.7 Å². The van der Waals surface area contributed by atoms with Crippen LogP contribution in [0.2, 0.25) is 5.02 Å². The van der Waals surface area contributed by atoms with Crippen LogP contribution in [0.25, 0.3) is 0 Å². The molecule has 0 aliphatic carbocycles. The van der Waals surface area contributed by atoms with Gasteiger partial charge in [-0.05, 0) is 44.8 Å². The van der Waals surface area contributed by atoms with Gasteiger partial charge in [-0.3, -0.25) is 4.90 Å². The standard InChI is InChI=1S/C31H41ClN5O2P/c1-35-15-17-37(18-16-35)25-11-13-36(14-12-25)26-10-9-23(29(21-26)39-2)20-31-33-22-27(32)28(34-31)19-24-7-5-6-8-30(24)40(3,4)38/h5-10,21-22,25H,11-20H2,1-4H3. The maximum absolute atomic E-state index is 12.8. The zero-order chi connectivity index (χ0) is 28.3. The summed E-state index contributed by atoms with van der Waals surface area (Å²) in [6, 6.07) is 15.0. The lowest BCUT2D eigenvalue weighted by atomic mass is 10.0. The van der Waals surface area contributed by atoms with E-state index < -0.39 is 7.14 Å². The summed E-state index contributed by atoms with van der Waals surface area (Å²) in [4.78, 5) is 16.9. The molecule has 9 heteroatoms. The Bertz CT molecular complexity index is 1360. The van der Waals surface area contributed by atoms with Crippen LogP contribution >= 0.6 is 18.7 Å². The van der Waals surface area contributed by atoms with Gasteiger partial charge in [-0.15, -0.1) is 0 Å². The third-order valence-electron chi connectivity index (χ3n) is 8.30. The van der Waals surface area contributed by atoms with Crippen LogP contribution in [-0.4, -0.2) is 92.6 Å². The van der Waals surface area contributed by atoms with Crippen LogP contribution in [0.1, 0.15) is 35.5 Å². The molecule has 0 radical (unpaired) electrons. The first kappa shape index (κ1) is 29.1. The highest BCUT2D eigenvalue weighted by molar-refractivity contribution is 7.70. The fourth-order valence-corrected chi connectivity index (χ4v) is 7.39. The molecule has 40 heavy (non-hydrogen) atoms. The summed E-state index contributed by atoms with van der Waals surface area (Å²) >= 11 is 6.52. The fourth-order valence-electron chi connectivity index (χ4n) is 5.94. The molecular weight excluding hydrogens is 541 g/mol. The van der Waals surface area contributed by atoms with Crippen LogP contribution in [0.3, 0.4) is 0 Å². The molecule has 0 spiro atoms. The van der Waals surface area contributed by atoms with Gasteiger partial charge in [0.25, 0.3) is 0 Å². The van der Waals surface area contributed by atoms with E-state index in [0.29, 0.717) is 29.7 Å². The molecule has 1 aromatic heterocycles. The van der Waals surface area contributed by atoms with Crippen LogP contribution in [-0.2, 0) is 17.4 Å². The van der Waals surface area contributed by atoms with Crippen LogP contribution in [0.15, 0.2) is 48.7 Å². The number of rotatable bonds is 8. The summed E-state index contributed by atoms with van der Waals surface area (Å²) in [5.74, 6) is 1.54. The van der Waals surface area contributed by atoms with E-state index in [4.69, 9.17) is 21.3 Å². The molecule has 2 aliphatic rings. The largest absolute Gasteiger partial charge is 0.496 e. The zero-order valence-corrected chi connectivity index (χ0v) is 25.8. The maximum Gasteiger partial charge on any atom is 0.133 e. The lowest BCUT2D eigenvalue weighted by Crippen LogP contribution is -2.52. The molecule has 214 valence electrons. The predicted molar refractivity (Wildman–Crippen MR) is 165 cm³/mol. The first-order chi connectivity index (χ1) is 19.2. The molecule has 3 aromatic rings. The smallest absolute Gasteiger partial charge is 0.133 e. The number of benzene rings is 2. The van der Waals surface area contributed by atoms with Crippen molar-refractivity contribution in [3.8, 4) is 5.75 Å². The van der Waals surface area contributed by atoms with Crippen molar-refractivity contribution in [1.29, 1.82) is 0 Å². The number of piperidine rings is 1. The number of methoxy groups -OCH3 is 1. The van der Waals surface area contributed by atoms with E-state index in [2.05, 4.69) is 44.9 Å². The monoisotopic (exact) mass is 581 g/mol. The van der Waals surface area contributed by atoms with Gasteiger partial charge in [-0.25, -0.2) is 9.97 Å². The number of hydrogen-bond donors (Lipinski definition) is 0. The molecule has 0 amide bonds. The van der Waals surface area contributed by atoms with Crippen LogP contribution in [0, 0.1) is 0 Å². The van der Waals surface area contributed by atoms with Gasteiger partial charge < -0.3 is 19.1 Å². The minimum atomic E-state index is -2.43. The average molecular weight is 582 g/mol. The summed E-state index contributed by atoms with van der Waals surface area (Å²) in [6.07, 6.45) is 5.12. The molecule has 7 nitrogen and oxygen atoms in total. The lowest BCUT2D eigenvalue weighted by Gasteiger charge is -2.42. The third-order valence-corrected chi connectivity index (χ3v) is 10.2. The summed E-state index contributed by atoms with van der Waals surface area (Å²) in [5, 5.41) is 1.39. The molecule has 0 N–H and O–H groups in total. The van der Waals surface area contributed by atoms with Gasteiger partial charge in [0.05, 0.1) is 17.8 Å². The fraction of sp³-hybridized carbons (Fsp3) is 0.484. The molecular formula is C31H41ClN5O2P. The Morgan fingerprint density at radius 1 is 0.975 bits per heavy atom. The number of anilines is 1. The molecule has 2 fully saturated rings. The van der Waals surface area contributed by atoms with Crippen LogP contribution in [0.4, 0.5) is 5.69 Å². The first-order valence-corrected chi connectivity index (χ1v) is 17.2. The molecule has 3 heterocycles. The Hall–Kier alpha value is -2.44. The summed E-state index contributed by atoms with van der Waals surface area (Å²) in [6.45, 7) is 10.4. The Kier molecular flexibility index (Phi) is 9.16. The van der Waals surface area contributed by atoms with E-state index in [0.717, 1.165) is 41.0 Å². The first-order valence-electron chi connectivity index (χ1n) is 14.2. The number of nitrogens with zero attached hydrogens (tertiary/aromatic N) is 5. The molecule has 2 saturated heterocycles. The van der Waals surface area contributed by atoms with Crippen molar-refractivity contribution in [1.82, 2.24) is 19.8 Å². The normalized spacial score (nSPS) is 17.8. The van der Waals surface area contributed by atoms with Gasteiger partial charge in [-0.2, -0.15) is 0 Å². The lowest BCUT2D eigenvalue weighted by molar-refractivity contribution is 0.0982. The Balaban J connectivity index is 1.27. The summed E-state index contributed by atoms with van der Waals surface area (Å²) < 4.78 is 18.7. The zero-order valence-electron chi connectivity index (χ0n) is 24.1. The third kappa shape index (κ3) is 6.88. The van der Waals surface area contributed by atoms with Crippen molar-refractivity contribution >= 4 is 29.7 Å². The van der Waals surface area contributed by atoms with Crippen molar-refractivity contribution in [2.45, 2.75) is 31.7 Å². The minimum Gasteiger partial charge on any atom is -0.496 e. The second-order valence-electron chi connectivity index (χ2n) is 11.5. The molecule has 2 aromatic carbocycles. The summed E-state index contributed by atoms with van der Waals surface area (Å²) in [5.41, 5.74) is 3.97. The molecule has 0 saturated carbocycles. The average Bonchev–Trinajstić information content (AvgIpc) is 2.95. The van der Waals surface area contributed by atoms with Crippen molar-refractivity contribution in [2.24, 2.45) is 0 Å². The number of hydrogen-bond acceptors (Lipinski definition) is 7. The quantitative estimate of drug-likeness (QED) is 0.355. The second kappa shape index (κ2) is 12.6. The number of halogens is 1. The van der Waals surface area contributed by atoms with Crippen LogP contribution in [0.5, 0.6) is 5.75 Å². The van der Waals surface area contributed by atoms with E-state index in [9.17, 15) is 4.57 Å². The van der Waals surface area contributed by atoms with Crippen molar-refractivity contribution in [3.63, 3.8) is 0 Å². The van der Waals surface area contributed by atoms with Gasteiger partial charge in [-0.1, -0.05) is 41.9 Å². The Morgan fingerprint density at radius 3 is 2.40 bits per heavy atom. The molecule has 0 bridgehead atoms. The van der Waals surface area contributed by atoms with E-state index in [-0.39, 0.29) is 0 Å². The number of likely N-dealkylation sites (N-methyl/N-ethyl adjacent to an activating group) is 1. The SMILES string of the molecule is COc1cc(N2CCC(N3CCN(C)CC3)CC2)ccc1Cc1ncc(Cl)c(Cc2ccccc2P(C)(C)=O)n1. The minimum absolute atomic E-state index is 0.510. The predicted octanol–water partition coefficient (Wildman–Crippen LogP) is 4.78. The maximum atomic E-state index is 12.8. The van der Waals surface area contributed by atoms with Crippen molar-refractivity contribution in [3.05, 3.63) is 76.3 Å². The van der Waals surface area contributed by atoms with Gasteiger partial charge in [0.15, 0.2) is 0 Å². The Labute approximate surface area is 243 Å². The molecule has 0 unspecified atom stereocenters. The Morgan fingerprint density at radius 2 is 1.70 bits per heavy atom. The second-order valence-corrected chi connectivity index (χ2v) is 15.1. The molecule has 2 aliphatic heterocycles. The van der Waals surface area contributed by atoms with Crippen molar-refractivity contribution < 1.29 is 9.30 Å². The summed E-state index contributed by atoms with van der Waals surface area (Å²) in [7, 11) is 1.51.